The molecule has 0 saturated carbocycles. The molecular formula is C23H27FN2O2. The molecule has 28 heavy (non-hydrogen) atoms. The average Bonchev–Trinajstić information content (AvgIpc) is 2.68. The van der Waals surface area contributed by atoms with Gasteiger partial charge in [0.2, 0.25) is 5.91 Å². The number of carbonyl (C=O) groups excluding carboxylic acids is 2. The van der Waals surface area contributed by atoms with Crippen LogP contribution in [0.2, 0.25) is 0 Å². The van der Waals surface area contributed by atoms with Crippen molar-refractivity contribution in [1.82, 2.24) is 4.90 Å². The number of nitrogens with one attached hydrogen (secondary N) is 1. The number of anilines is 1. The Balaban J connectivity index is 1.60. The van der Waals surface area contributed by atoms with Crippen LogP contribution in [0.5, 0.6) is 0 Å². The molecule has 0 bridgehead atoms. The van der Waals surface area contributed by atoms with Crippen LogP contribution in [0.1, 0.15) is 49.5 Å². The summed E-state index contributed by atoms with van der Waals surface area (Å²) in [7, 11) is 0. The molecule has 5 heteroatoms. The second kappa shape index (κ2) is 8.13. The lowest BCUT2D eigenvalue weighted by Crippen LogP contribution is -2.41. The molecule has 4 nitrogen and oxygen atoms in total. The van der Waals surface area contributed by atoms with Crippen LogP contribution < -0.4 is 5.32 Å². The number of para-hydroxylation sites is 1. The van der Waals surface area contributed by atoms with Crippen molar-refractivity contribution in [3.63, 3.8) is 0 Å². The van der Waals surface area contributed by atoms with E-state index in [0.29, 0.717) is 31.5 Å². The van der Waals surface area contributed by atoms with E-state index in [1.807, 2.05) is 24.3 Å². The van der Waals surface area contributed by atoms with E-state index in [1.54, 1.807) is 4.90 Å². The third-order valence-electron chi connectivity index (χ3n) is 5.24. The zero-order chi connectivity index (χ0) is 20.3. The molecular weight excluding hydrogens is 355 g/mol. The molecule has 0 aliphatic carbocycles. The summed E-state index contributed by atoms with van der Waals surface area (Å²) in [6, 6.07) is 13.5. The third kappa shape index (κ3) is 4.58. The van der Waals surface area contributed by atoms with Gasteiger partial charge in [-0.3, -0.25) is 9.59 Å². The number of amides is 2. The van der Waals surface area contributed by atoms with Crippen LogP contribution in [0.15, 0.2) is 48.5 Å². The van der Waals surface area contributed by atoms with Crippen LogP contribution in [0.4, 0.5) is 10.1 Å². The maximum atomic E-state index is 13.0. The third-order valence-corrected chi connectivity index (χ3v) is 5.24. The highest BCUT2D eigenvalue weighted by Gasteiger charge is 2.29. The van der Waals surface area contributed by atoms with E-state index in [4.69, 9.17) is 0 Å². The highest BCUT2D eigenvalue weighted by atomic mass is 19.1. The van der Waals surface area contributed by atoms with Crippen molar-refractivity contribution in [2.75, 3.05) is 18.4 Å². The molecule has 2 aromatic carbocycles. The Morgan fingerprint density at radius 3 is 2.21 bits per heavy atom. The van der Waals surface area contributed by atoms with Crippen LogP contribution in [-0.2, 0) is 10.2 Å². The fraction of sp³-hybridized carbons (Fsp3) is 0.391. The molecule has 0 spiro atoms. The van der Waals surface area contributed by atoms with Crippen molar-refractivity contribution in [2.24, 2.45) is 5.92 Å². The quantitative estimate of drug-likeness (QED) is 0.842. The molecule has 3 rings (SSSR count). The molecule has 1 aliphatic rings. The molecule has 0 atom stereocenters. The van der Waals surface area contributed by atoms with Gasteiger partial charge in [-0.2, -0.15) is 0 Å². The first-order valence-electron chi connectivity index (χ1n) is 9.71. The number of piperidine rings is 1. The Kier molecular flexibility index (Phi) is 5.82. The van der Waals surface area contributed by atoms with Crippen molar-refractivity contribution in [2.45, 2.75) is 39.0 Å². The van der Waals surface area contributed by atoms with Crippen LogP contribution in [0.3, 0.4) is 0 Å². The molecule has 148 valence electrons. The summed E-state index contributed by atoms with van der Waals surface area (Å²) in [5.41, 5.74) is 2.37. The first-order valence-corrected chi connectivity index (χ1v) is 9.71. The molecule has 2 amide bonds. The Labute approximate surface area is 165 Å². The molecule has 2 aromatic rings. The zero-order valence-corrected chi connectivity index (χ0v) is 16.7. The summed E-state index contributed by atoms with van der Waals surface area (Å²) in [5, 5.41) is 3.08. The van der Waals surface area contributed by atoms with E-state index >= 15 is 0 Å². The lowest BCUT2D eigenvalue weighted by Gasteiger charge is -2.32. The van der Waals surface area contributed by atoms with Crippen LogP contribution in [0.25, 0.3) is 0 Å². The fourth-order valence-electron chi connectivity index (χ4n) is 3.60. The molecule has 1 saturated heterocycles. The number of hydrogen-bond acceptors (Lipinski definition) is 2. The van der Waals surface area contributed by atoms with E-state index in [2.05, 4.69) is 26.1 Å². The maximum absolute atomic E-state index is 13.0. The van der Waals surface area contributed by atoms with Crippen molar-refractivity contribution in [3.8, 4) is 0 Å². The van der Waals surface area contributed by atoms with Gasteiger partial charge in [0, 0.05) is 30.3 Å². The van der Waals surface area contributed by atoms with Crippen LogP contribution >= 0.6 is 0 Å². The van der Waals surface area contributed by atoms with E-state index in [0.717, 1.165) is 11.3 Å². The monoisotopic (exact) mass is 382 g/mol. The number of likely N-dealkylation sites (tertiary alicyclic amines) is 1. The minimum atomic E-state index is -0.359. The largest absolute Gasteiger partial charge is 0.339 e. The summed E-state index contributed by atoms with van der Waals surface area (Å²) >= 11 is 0. The van der Waals surface area contributed by atoms with Gasteiger partial charge in [0.25, 0.3) is 5.91 Å². The minimum absolute atomic E-state index is 0.00517. The fourth-order valence-corrected chi connectivity index (χ4v) is 3.60. The van der Waals surface area contributed by atoms with Gasteiger partial charge in [0.15, 0.2) is 0 Å². The number of nitrogens with zero attached hydrogens (tertiary/aromatic N) is 1. The second-order valence-electron chi connectivity index (χ2n) is 8.36. The normalized spacial score (nSPS) is 15.4. The van der Waals surface area contributed by atoms with Gasteiger partial charge in [-0.15, -0.1) is 0 Å². The molecule has 0 unspecified atom stereocenters. The zero-order valence-electron chi connectivity index (χ0n) is 16.7. The minimum Gasteiger partial charge on any atom is -0.339 e. The summed E-state index contributed by atoms with van der Waals surface area (Å²) in [6.07, 6.45) is 1.24. The Hall–Kier alpha value is -2.69. The molecule has 0 radical (unpaired) electrons. The SMILES string of the molecule is CC(C)(C)c1ccccc1NC(=O)C1CCN(C(=O)c2ccc(F)cc2)CC1. The van der Waals surface area contributed by atoms with E-state index in [9.17, 15) is 14.0 Å². The number of carbonyl (C=O) groups is 2. The van der Waals surface area contributed by atoms with Gasteiger partial charge in [0.1, 0.15) is 5.82 Å². The summed E-state index contributed by atoms with van der Waals surface area (Å²) < 4.78 is 13.0. The predicted molar refractivity (Wildman–Crippen MR) is 109 cm³/mol. The predicted octanol–water partition coefficient (Wildman–Crippen LogP) is 4.61. The maximum Gasteiger partial charge on any atom is 0.253 e. The number of rotatable bonds is 3. The lowest BCUT2D eigenvalue weighted by molar-refractivity contribution is -0.121. The van der Waals surface area contributed by atoms with Crippen molar-refractivity contribution in [1.29, 1.82) is 0 Å². The number of hydrogen-bond donors (Lipinski definition) is 1. The average molecular weight is 382 g/mol. The molecule has 1 aliphatic heterocycles. The van der Waals surface area contributed by atoms with E-state index in [1.165, 1.54) is 24.3 Å². The Morgan fingerprint density at radius 1 is 1.00 bits per heavy atom. The highest BCUT2D eigenvalue weighted by Crippen LogP contribution is 2.30. The lowest BCUT2D eigenvalue weighted by atomic mass is 9.85. The van der Waals surface area contributed by atoms with Gasteiger partial charge in [-0.05, 0) is 54.2 Å². The topological polar surface area (TPSA) is 49.4 Å². The van der Waals surface area contributed by atoms with Gasteiger partial charge < -0.3 is 10.2 Å². The first-order chi connectivity index (χ1) is 13.3. The molecule has 1 heterocycles. The van der Waals surface area contributed by atoms with Gasteiger partial charge in [-0.1, -0.05) is 39.0 Å². The Bertz CT molecular complexity index is 848. The second-order valence-corrected chi connectivity index (χ2v) is 8.36. The van der Waals surface area contributed by atoms with Crippen LogP contribution in [-0.4, -0.2) is 29.8 Å². The number of benzene rings is 2. The Morgan fingerprint density at radius 2 is 1.61 bits per heavy atom. The van der Waals surface area contributed by atoms with Gasteiger partial charge in [-0.25, -0.2) is 4.39 Å². The van der Waals surface area contributed by atoms with E-state index < -0.39 is 0 Å². The molecule has 0 aromatic heterocycles. The molecule has 1 fully saturated rings. The standard InChI is InChI=1S/C23H27FN2O2/c1-23(2,3)19-6-4-5-7-20(19)25-21(27)16-12-14-26(15-13-16)22(28)17-8-10-18(24)11-9-17/h4-11,16H,12-15H2,1-3H3,(H,25,27). The summed E-state index contributed by atoms with van der Waals surface area (Å²) in [4.78, 5) is 27.0. The highest BCUT2D eigenvalue weighted by molar-refractivity contribution is 5.95. The van der Waals surface area contributed by atoms with Crippen LogP contribution in [0, 0.1) is 11.7 Å². The van der Waals surface area contributed by atoms with Gasteiger partial charge >= 0.3 is 0 Å². The number of halogens is 1. The van der Waals surface area contributed by atoms with Crippen molar-refractivity contribution in [3.05, 3.63) is 65.5 Å². The summed E-state index contributed by atoms with van der Waals surface area (Å²) in [5.74, 6) is -0.588. The smallest absolute Gasteiger partial charge is 0.253 e. The van der Waals surface area contributed by atoms with Crippen molar-refractivity contribution >= 4 is 17.5 Å². The first kappa shape index (κ1) is 20.1. The van der Waals surface area contributed by atoms with Gasteiger partial charge in [0.05, 0.1) is 0 Å². The summed E-state index contributed by atoms with van der Waals surface area (Å²) in [6.45, 7) is 7.41. The van der Waals surface area contributed by atoms with Crippen molar-refractivity contribution < 1.29 is 14.0 Å². The molecule has 1 N–H and O–H groups in total. The van der Waals surface area contributed by atoms with E-state index in [-0.39, 0.29) is 29.0 Å².